The van der Waals surface area contributed by atoms with Gasteiger partial charge in [-0.05, 0) is 43.3 Å². The molecule has 0 aliphatic rings. The summed E-state index contributed by atoms with van der Waals surface area (Å²) >= 11 is 1.61. The highest BCUT2D eigenvalue weighted by Crippen LogP contribution is 2.32. The molecule has 0 unspecified atom stereocenters. The predicted molar refractivity (Wildman–Crippen MR) is 137 cm³/mol. The molecule has 5 rings (SSSR count). The van der Waals surface area contributed by atoms with Crippen molar-refractivity contribution in [2.75, 3.05) is 5.32 Å². The van der Waals surface area contributed by atoms with E-state index >= 15 is 0 Å². The number of fused-ring (bicyclic) bond motifs is 1. The number of nitrogens with one attached hydrogen (secondary N) is 1. The quantitative estimate of drug-likeness (QED) is 0.317. The Morgan fingerprint density at radius 1 is 1.09 bits per heavy atom. The number of benzene rings is 2. The number of pyridine rings is 1. The predicted octanol–water partition coefficient (Wildman–Crippen LogP) is 5.71. The molecule has 0 saturated carbocycles. The van der Waals surface area contributed by atoms with E-state index in [2.05, 4.69) is 21.9 Å². The highest BCUT2D eigenvalue weighted by atomic mass is 32.1. The molecule has 5 aromatic rings. The third-order valence-corrected chi connectivity index (χ3v) is 5.99. The number of rotatable bonds is 7. The van der Waals surface area contributed by atoms with E-state index in [1.54, 1.807) is 23.7 Å². The summed E-state index contributed by atoms with van der Waals surface area (Å²) in [7, 11) is 0. The van der Waals surface area contributed by atoms with Crippen molar-refractivity contribution in [3.8, 4) is 17.1 Å². The van der Waals surface area contributed by atoms with E-state index in [0.717, 1.165) is 38.4 Å². The minimum Gasteiger partial charge on any atom is -0.487 e. The molecule has 0 fully saturated rings. The summed E-state index contributed by atoms with van der Waals surface area (Å²) in [5.41, 5.74) is 10.6. The van der Waals surface area contributed by atoms with Crippen molar-refractivity contribution >= 4 is 39.4 Å². The van der Waals surface area contributed by atoms with E-state index in [-0.39, 0.29) is 0 Å². The Balaban J connectivity index is 1.58. The number of ether oxygens (including phenoxy) is 1. The van der Waals surface area contributed by atoms with Crippen molar-refractivity contribution < 1.29 is 4.74 Å². The van der Waals surface area contributed by atoms with Crippen LogP contribution in [0.3, 0.4) is 0 Å². The van der Waals surface area contributed by atoms with Gasteiger partial charge in [-0.1, -0.05) is 24.8 Å². The maximum atomic E-state index is 6.02. The first-order chi connectivity index (χ1) is 16.6. The first-order valence-corrected chi connectivity index (χ1v) is 11.5. The summed E-state index contributed by atoms with van der Waals surface area (Å²) in [6.45, 7) is 6.27. The van der Waals surface area contributed by atoms with Crippen LogP contribution in [0.25, 0.3) is 28.0 Å². The normalized spacial score (nSPS) is 10.9. The first kappa shape index (κ1) is 21.5. The molecule has 0 aliphatic carbocycles. The number of anilines is 2. The van der Waals surface area contributed by atoms with Gasteiger partial charge in [-0.2, -0.15) is 0 Å². The topological polar surface area (TPSA) is 98.8 Å². The lowest BCUT2D eigenvalue weighted by molar-refractivity contribution is 0.302. The van der Waals surface area contributed by atoms with Crippen molar-refractivity contribution in [3.05, 3.63) is 95.2 Å². The zero-order chi connectivity index (χ0) is 23.5. The molecule has 0 spiro atoms. The molecule has 3 N–H and O–H groups in total. The minimum absolute atomic E-state index is 0.392. The van der Waals surface area contributed by atoms with Crippen LogP contribution in [0.4, 0.5) is 11.5 Å². The molecule has 0 saturated heterocycles. The lowest BCUT2D eigenvalue weighted by Gasteiger charge is -2.15. The zero-order valence-electron chi connectivity index (χ0n) is 18.5. The van der Waals surface area contributed by atoms with Gasteiger partial charge in [0.05, 0.1) is 16.2 Å². The van der Waals surface area contributed by atoms with E-state index in [1.165, 1.54) is 0 Å². The second-order valence-corrected chi connectivity index (χ2v) is 8.72. The van der Waals surface area contributed by atoms with Crippen LogP contribution in [0, 0.1) is 6.92 Å². The van der Waals surface area contributed by atoms with Crippen LogP contribution in [0.5, 0.6) is 5.75 Å². The Labute approximate surface area is 201 Å². The van der Waals surface area contributed by atoms with E-state index < -0.39 is 0 Å². The van der Waals surface area contributed by atoms with Gasteiger partial charge in [-0.15, -0.1) is 11.3 Å². The molecule has 2 aromatic carbocycles. The molecule has 3 aromatic heterocycles. The van der Waals surface area contributed by atoms with E-state index in [1.807, 2.05) is 66.9 Å². The molecule has 0 aliphatic heterocycles. The van der Waals surface area contributed by atoms with Crippen LogP contribution >= 0.6 is 11.3 Å². The second-order valence-electron chi connectivity index (χ2n) is 7.66. The van der Waals surface area contributed by atoms with Gasteiger partial charge in [0.25, 0.3) is 0 Å². The fourth-order valence-corrected chi connectivity index (χ4v) is 4.15. The van der Waals surface area contributed by atoms with Crippen LogP contribution in [0.2, 0.25) is 0 Å². The number of aromatic nitrogens is 4. The number of thiazole rings is 1. The molecule has 0 radical (unpaired) electrons. The molecule has 0 amide bonds. The summed E-state index contributed by atoms with van der Waals surface area (Å²) in [5, 5.41) is 7.27. The molecule has 34 heavy (non-hydrogen) atoms. The Bertz CT molecular complexity index is 1480. The van der Waals surface area contributed by atoms with Crippen molar-refractivity contribution in [3.63, 3.8) is 0 Å². The smallest absolute Gasteiger partial charge is 0.163 e. The second kappa shape index (κ2) is 9.29. The SMILES string of the molecule is C=C(N)c1ccccc1Nc1nc(-c2cccnc2)nc2ccc(OCc3csc(C)n3)cc12. The number of para-hydroxylation sites is 1. The number of hydrogen-bond acceptors (Lipinski definition) is 8. The number of aryl methyl sites for hydroxylation is 1. The van der Waals surface area contributed by atoms with Crippen LogP contribution in [0.15, 0.2) is 78.9 Å². The molecule has 0 atom stereocenters. The zero-order valence-corrected chi connectivity index (χ0v) is 19.3. The lowest BCUT2D eigenvalue weighted by atomic mass is 10.1. The van der Waals surface area contributed by atoms with Crippen molar-refractivity contribution in [1.82, 2.24) is 19.9 Å². The van der Waals surface area contributed by atoms with Gasteiger partial charge in [0, 0.05) is 45.7 Å². The molecule has 168 valence electrons. The highest BCUT2D eigenvalue weighted by molar-refractivity contribution is 7.09. The van der Waals surface area contributed by atoms with Gasteiger partial charge < -0.3 is 15.8 Å². The minimum atomic E-state index is 0.392. The monoisotopic (exact) mass is 466 g/mol. The van der Waals surface area contributed by atoms with Gasteiger partial charge in [0.2, 0.25) is 0 Å². The fraction of sp³-hybridized carbons (Fsp3) is 0.0769. The van der Waals surface area contributed by atoms with Crippen LogP contribution in [-0.2, 0) is 6.61 Å². The van der Waals surface area contributed by atoms with Crippen molar-refractivity contribution in [2.24, 2.45) is 5.73 Å². The maximum absolute atomic E-state index is 6.02. The Morgan fingerprint density at radius 3 is 2.74 bits per heavy atom. The lowest BCUT2D eigenvalue weighted by Crippen LogP contribution is -2.04. The summed E-state index contributed by atoms with van der Waals surface area (Å²) in [4.78, 5) is 18.3. The molecular formula is C26H22N6OS. The van der Waals surface area contributed by atoms with Gasteiger partial charge in [0.15, 0.2) is 5.82 Å². The highest BCUT2D eigenvalue weighted by Gasteiger charge is 2.13. The third kappa shape index (κ3) is 4.57. The van der Waals surface area contributed by atoms with Crippen molar-refractivity contribution in [2.45, 2.75) is 13.5 Å². The number of nitrogens with zero attached hydrogens (tertiary/aromatic N) is 4. The largest absolute Gasteiger partial charge is 0.487 e. The van der Waals surface area contributed by atoms with Crippen LogP contribution < -0.4 is 15.8 Å². The van der Waals surface area contributed by atoms with E-state index in [4.69, 9.17) is 20.4 Å². The maximum Gasteiger partial charge on any atom is 0.163 e. The Hall–Kier alpha value is -4.30. The number of nitrogens with two attached hydrogens (primary N) is 1. The fourth-order valence-electron chi connectivity index (χ4n) is 3.55. The van der Waals surface area contributed by atoms with Crippen LogP contribution in [-0.4, -0.2) is 19.9 Å². The molecular weight excluding hydrogens is 444 g/mol. The van der Waals surface area contributed by atoms with Gasteiger partial charge >= 0.3 is 0 Å². The Kier molecular flexibility index (Phi) is 5.88. The molecule has 8 heteroatoms. The summed E-state index contributed by atoms with van der Waals surface area (Å²) in [5.74, 6) is 1.90. The molecule has 7 nitrogen and oxygen atoms in total. The molecule has 0 bridgehead atoms. The summed E-state index contributed by atoms with van der Waals surface area (Å²) < 4.78 is 6.01. The summed E-state index contributed by atoms with van der Waals surface area (Å²) in [6.07, 6.45) is 3.47. The third-order valence-electron chi connectivity index (χ3n) is 5.17. The first-order valence-electron chi connectivity index (χ1n) is 10.6. The van der Waals surface area contributed by atoms with E-state index in [9.17, 15) is 0 Å². The number of hydrogen-bond donors (Lipinski definition) is 2. The molecule has 3 heterocycles. The Morgan fingerprint density at radius 2 is 1.97 bits per heavy atom. The average Bonchev–Trinajstić information content (AvgIpc) is 3.28. The van der Waals surface area contributed by atoms with E-state index in [0.29, 0.717) is 29.7 Å². The standard InChI is InChI=1S/C26H22N6OS/c1-16(27)21-7-3-4-8-23(21)31-26-22-12-20(33-14-19-15-34-17(2)29-19)9-10-24(22)30-25(32-26)18-6-5-11-28-13-18/h3-13,15H,1,14,27H2,2H3,(H,30,31,32). The average molecular weight is 467 g/mol. The van der Waals surface area contributed by atoms with Crippen LogP contribution in [0.1, 0.15) is 16.3 Å². The summed E-state index contributed by atoms with van der Waals surface area (Å²) in [6, 6.07) is 17.3. The van der Waals surface area contributed by atoms with Crippen molar-refractivity contribution in [1.29, 1.82) is 0 Å². The van der Waals surface area contributed by atoms with Gasteiger partial charge in [-0.3, -0.25) is 4.98 Å². The van der Waals surface area contributed by atoms with Gasteiger partial charge in [0.1, 0.15) is 18.2 Å². The van der Waals surface area contributed by atoms with Gasteiger partial charge in [-0.25, -0.2) is 15.0 Å².